The van der Waals surface area contributed by atoms with E-state index in [4.69, 9.17) is 9.40 Å². The lowest BCUT2D eigenvalue weighted by Gasteiger charge is -2.06. The summed E-state index contributed by atoms with van der Waals surface area (Å²) in [6.07, 6.45) is 1.72. The average Bonchev–Trinajstić information content (AvgIpc) is 3.00. The maximum Gasteiger partial charge on any atom is 0.142 e. The highest BCUT2D eigenvalue weighted by Crippen LogP contribution is 2.34. The van der Waals surface area contributed by atoms with Gasteiger partial charge in [0, 0.05) is 16.8 Å². The molecule has 0 spiro atoms. The molecule has 0 amide bonds. The van der Waals surface area contributed by atoms with Crippen molar-refractivity contribution in [1.29, 1.82) is 0 Å². The summed E-state index contributed by atoms with van der Waals surface area (Å²) in [5.74, 6) is 3.44. The van der Waals surface area contributed by atoms with Crippen molar-refractivity contribution in [1.82, 2.24) is 9.97 Å². The normalized spacial score (nSPS) is 11.2. The zero-order valence-electron chi connectivity index (χ0n) is 12.5. The molecule has 6 heteroatoms. The van der Waals surface area contributed by atoms with E-state index in [1.54, 1.807) is 29.4 Å². The standard InChI is InChI=1S/C15H17N3OS2/c1-8-10(3)21-15-13(8)14(16-4)17-12(18-15)7-20-11-5-6-19-9(11)2/h5-6H,7H2,1-4H3,(H,16,17,18). The lowest BCUT2D eigenvalue weighted by molar-refractivity contribution is 0.527. The minimum absolute atomic E-state index is 0.737. The molecule has 0 saturated carbocycles. The monoisotopic (exact) mass is 319 g/mol. The zero-order chi connectivity index (χ0) is 15.0. The Bertz CT molecular complexity index is 792. The van der Waals surface area contributed by atoms with Crippen molar-refractivity contribution in [3.8, 4) is 0 Å². The first kappa shape index (κ1) is 14.4. The number of thiophene rings is 1. The maximum absolute atomic E-state index is 5.32. The van der Waals surface area contributed by atoms with Crippen LogP contribution in [0.15, 0.2) is 21.6 Å². The number of aryl methyl sites for hydroxylation is 3. The van der Waals surface area contributed by atoms with E-state index in [1.807, 2.05) is 20.0 Å². The van der Waals surface area contributed by atoms with E-state index < -0.39 is 0 Å². The number of aromatic nitrogens is 2. The topological polar surface area (TPSA) is 51.0 Å². The van der Waals surface area contributed by atoms with Gasteiger partial charge >= 0.3 is 0 Å². The molecule has 0 aliphatic rings. The summed E-state index contributed by atoms with van der Waals surface area (Å²) in [6.45, 7) is 6.23. The van der Waals surface area contributed by atoms with Gasteiger partial charge in [-0.25, -0.2) is 9.97 Å². The summed E-state index contributed by atoms with van der Waals surface area (Å²) in [4.78, 5) is 12.9. The minimum atomic E-state index is 0.737. The van der Waals surface area contributed by atoms with Gasteiger partial charge in [-0.3, -0.25) is 0 Å². The van der Waals surface area contributed by atoms with Gasteiger partial charge in [0.2, 0.25) is 0 Å². The Morgan fingerprint density at radius 1 is 1.29 bits per heavy atom. The van der Waals surface area contributed by atoms with Crippen LogP contribution in [-0.2, 0) is 5.75 Å². The number of nitrogens with one attached hydrogen (secondary N) is 1. The predicted octanol–water partition coefficient (Wildman–Crippen LogP) is 4.54. The van der Waals surface area contributed by atoms with Gasteiger partial charge in [0.25, 0.3) is 0 Å². The van der Waals surface area contributed by atoms with E-state index in [9.17, 15) is 0 Å². The molecule has 0 unspecified atom stereocenters. The van der Waals surface area contributed by atoms with Crippen LogP contribution in [0.5, 0.6) is 0 Å². The highest BCUT2D eigenvalue weighted by atomic mass is 32.2. The molecule has 1 N–H and O–H groups in total. The second-order valence-electron chi connectivity index (χ2n) is 4.83. The van der Waals surface area contributed by atoms with Gasteiger partial charge in [-0.15, -0.1) is 23.1 Å². The third-order valence-electron chi connectivity index (χ3n) is 3.48. The molecule has 0 radical (unpaired) electrons. The fourth-order valence-corrected chi connectivity index (χ4v) is 4.07. The van der Waals surface area contributed by atoms with Gasteiger partial charge in [0.15, 0.2) is 0 Å². The second-order valence-corrected chi connectivity index (χ2v) is 7.05. The predicted molar refractivity (Wildman–Crippen MR) is 89.4 cm³/mol. The van der Waals surface area contributed by atoms with E-state index in [-0.39, 0.29) is 0 Å². The van der Waals surface area contributed by atoms with E-state index in [0.29, 0.717) is 0 Å². The summed E-state index contributed by atoms with van der Waals surface area (Å²) in [5.41, 5.74) is 1.27. The first-order valence-electron chi connectivity index (χ1n) is 6.71. The van der Waals surface area contributed by atoms with Crippen LogP contribution in [0, 0.1) is 20.8 Å². The summed E-state index contributed by atoms with van der Waals surface area (Å²) in [6, 6.07) is 1.98. The first-order chi connectivity index (χ1) is 10.1. The highest BCUT2D eigenvalue weighted by molar-refractivity contribution is 7.98. The van der Waals surface area contributed by atoms with Crippen molar-refractivity contribution < 1.29 is 4.42 Å². The fraction of sp³-hybridized carbons (Fsp3) is 0.333. The molecule has 0 saturated heterocycles. The van der Waals surface area contributed by atoms with Crippen LogP contribution in [0.1, 0.15) is 22.0 Å². The maximum atomic E-state index is 5.32. The van der Waals surface area contributed by atoms with Crippen molar-refractivity contribution in [3.05, 3.63) is 34.4 Å². The fourth-order valence-electron chi connectivity index (χ4n) is 2.20. The summed E-state index contributed by atoms with van der Waals surface area (Å²) >= 11 is 3.43. The van der Waals surface area contributed by atoms with Gasteiger partial charge in [-0.2, -0.15) is 0 Å². The third kappa shape index (κ3) is 2.65. The van der Waals surface area contributed by atoms with E-state index in [0.717, 1.165) is 38.3 Å². The molecule has 3 aromatic rings. The molecule has 0 bridgehead atoms. The van der Waals surface area contributed by atoms with E-state index in [1.165, 1.54) is 10.4 Å². The number of hydrogen-bond acceptors (Lipinski definition) is 6. The molecule has 0 fully saturated rings. The second kappa shape index (κ2) is 5.69. The number of fused-ring (bicyclic) bond motifs is 1. The molecule has 3 heterocycles. The Balaban J connectivity index is 1.94. The van der Waals surface area contributed by atoms with Gasteiger partial charge < -0.3 is 9.73 Å². The Kier molecular flexibility index (Phi) is 3.91. The van der Waals surface area contributed by atoms with Crippen LogP contribution in [0.4, 0.5) is 5.82 Å². The molecule has 0 aromatic carbocycles. The summed E-state index contributed by atoms with van der Waals surface area (Å²) in [7, 11) is 1.91. The van der Waals surface area contributed by atoms with Gasteiger partial charge in [0.05, 0.1) is 17.4 Å². The van der Waals surface area contributed by atoms with E-state index in [2.05, 4.69) is 24.1 Å². The van der Waals surface area contributed by atoms with Gasteiger partial charge in [0.1, 0.15) is 22.2 Å². The number of anilines is 1. The molecule has 110 valence electrons. The van der Waals surface area contributed by atoms with Crippen LogP contribution < -0.4 is 5.32 Å². The third-order valence-corrected chi connectivity index (χ3v) is 5.72. The molecular weight excluding hydrogens is 302 g/mol. The number of nitrogens with zero attached hydrogens (tertiary/aromatic N) is 2. The van der Waals surface area contributed by atoms with Crippen molar-refractivity contribution in [3.63, 3.8) is 0 Å². The molecular formula is C15H17N3OS2. The lowest BCUT2D eigenvalue weighted by atomic mass is 10.2. The Labute approximate surface area is 132 Å². The molecule has 0 aliphatic heterocycles. The number of thioether (sulfide) groups is 1. The van der Waals surface area contributed by atoms with E-state index >= 15 is 0 Å². The molecule has 21 heavy (non-hydrogen) atoms. The number of rotatable bonds is 4. The van der Waals surface area contributed by atoms with Crippen molar-refractivity contribution in [2.45, 2.75) is 31.4 Å². The zero-order valence-corrected chi connectivity index (χ0v) is 14.1. The smallest absolute Gasteiger partial charge is 0.142 e. The van der Waals surface area contributed by atoms with Crippen molar-refractivity contribution in [2.24, 2.45) is 0 Å². The number of furan rings is 1. The summed E-state index contributed by atoms with van der Waals surface area (Å²) in [5, 5.41) is 4.34. The van der Waals surface area contributed by atoms with Crippen LogP contribution in [0.3, 0.4) is 0 Å². The van der Waals surface area contributed by atoms with Crippen LogP contribution in [0.25, 0.3) is 10.2 Å². The van der Waals surface area contributed by atoms with Gasteiger partial charge in [-0.1, -0.05) is 0 Å². The quantitative estimate of drug-likeness (QED) is 0.715. The van der Waals surface area contributed by atoms with Crippen LogP contribution in [0.2, 0.25) is 0 Å². The molecule has 3 aromatic heterocycles. The highest BCUT2D eigenvalue weighted by Gasteiger charge is 2.14. The Hall–Kier alpha value is -1.53. The SMILES string of the molecule is CNc1nc(CSc2ccoc2C)nc2sc(C)c(C)c12. The van der Waals surface area contributed by atoms with Crippen LogP contribution in [-0.4, -0.2) is 17.0 Å². The lowest BCUT2D eigenvalue weighted by Crippen LogP contribution is -2.00. The van der Waals surface area contributed by atoms with Crippen molar-refractivity contribution in [2.75, 3.05) is 12.4 Å². The summed E-state index contributed by atoms with van der Waals surface area (Å²) < 4.78 is 5.32. The first-order valence-corrected chi connectivity index (χ1v) is 8.51. The molecule has 3 rings (SSSR count). The minimum Gasteiger partial charge on any atom is -0.468 e. The van der Waals surface area contributed by atoms with Crippen molar-refractivity contribution >= 4 is 39.1 Å². The van der Waals surface area contributed by atoms with Gasteiger partial charge in [-0.05, 0) is 32.4 Å². The Morgan fingerprint density at radius 2 is 2.10 bits per heavy atom. The molecule has 4 nitrogen and oxygen atoms in total. The number of hydrogen-bond donors (Lipinski definition) is 1. The molecule has 0 atom stereocenters. The average molecular weight is 319 g/mol. The Morgan fingerprint density at radius 3 is 2.76 bits per heavy atom. The largest absolute Gasteiger partial charge is 0.468 e. The van der Waals surface area contributed by atoms with Crippen LogP contribution >= 0.6 is 23.1 Å². The molecule has 0 aliphatic carbocycles.